The maximum atomic E-state index is 9.39. The molecule has 0 spiro atoms. The second kappa shape index (κ2) is 4.83. The molecule has 0 bridgehead atoms. The van der Waals surface area contributed by atoms with Crippen LogP contribution < -0.4 is 10.5 Å². The summed E-state index contributed by atoms with van der Waals surface area (Å²) in [5.41, 5.74) is 6.37. The number of phenols is 1. The van der Waals surface area contributed by atoms with Crippen molar-refractivity contribution in [1.82, 2.24) is 0 Å². The van der Waals surface area contributed by atoms with E-state index in [0.29, 0.717) is 12.4 Å². The van der Waals surface area contributed by atoms with Crippen LogP contribution >= 0.6 is 0 Å². The second-order valence-electron chi connectivity index (χ2n) is 2.95. The maximum Gasteiger partial charge on any atom is 0.161 e. The zero-order chi connectivity index (χ0) is 10.6. The van der Waals surface area contributed by atoms with Gasteiger partial charge in [0.2, 0.25) is 0 Å². The van der Waals surface area contributed by atoms with Crippen LogP contribution in [0.3, 0.4) is 0 Å². The van der Waals surface area contributed by atoms with E-state index in [4.69, 9.17) is 15.6 Å². The van der Waals surface area contributed by atoms with E-state index in [9.17, 15) is 5.11 Å². The van der Waals surface area contributed by atoms with E-state index in [0.717, 1.165) is 5.56 Å². The van der Waals surface area contributed by atoms with E-state index in [1.807, 2.05) is 6.92 Å². The number of nitrogens with two attached hydrogens (primary N) is 1. The first-order chi connectivity index (χ1) is 6.69. The van der Waals surface area contributed by atoms with Gasteiger partial charge < -0.3 is 20.7 Å². The standard InChI is InChI=1S/C10H15NO3/c1-2-14-10-5-7(8(11)6-12)3-4-9(10)13/h3-5,8,12-13H,2,6,11H2,1H3/t8-/m1/s1. The Balaban J connectivity index is 2.93. The van der Waals surface area contributed by atoms with Crippen LogP contribution in [-0.2, 0) is 0 Å². The van der Waals surface area contributed by atoms with Crippen molar-refractivity contribution in [2.75, 3.05) is 13.2 Å². The quantitative estimate of drug-likeness (QED) is 0.666. The number of ether oxygens (including phenoxy) is 1. The summed E-state index contributed by atoms with van der Waals surface area (Å²) in [7, 11) is 0. The first-order valence-electron chi connectivity index (χ1n) is 4.51. The van der Waals surface area contributed by atoms with Crippen LogP contribution in [0.1, 0.15) is 18.5 Å². The lowest BCUT2D eigenvalue weighted by molar-refractivity contribution is 0.267. The van der Waals surface area contributed by atoms with Crippen LogP contribution in [0.5, 0.6) is 11.5 Å². The molecule has 14 heavy (non-hydrogen) atoms. The zero-order valence-electron chi connectivity index (χ0n) is 8.10. The van der Waals surface area contributed by atoms with Gasteiger partial charge in [-0.15, -0.1) is 0 Å². The molecule has 4 heteroatoms. The molecular weight excluding hydrogens is 182 g/mol. The second-order valence-corrected chi connectivity index (χ2v) is 2.95. The predicted molar refractivity (Wildman–Crippen MR) is 53.3 cm³/mol. The molecule has 0 fully saturated rings. The SMILES string of the molecule is CCOc1cc([C@H](N)CO)ccc1O. The molecule has 0 radical (unpaired) electrons. The van der Waals surface area contributed by atoms with E-state index in [1.54, 1.807) is 12.1 Å². The van der Waals surface area contributed by atoms with E-state index in [2.05, 4.69) is 0 Å². The molecule has 0 saturated heterocycles. The molecule has 4 nitrogen and oxygen atoms in total. The Hall–Kier alpha value is -1.26. The molecule has 0 aromatic heterocycles. The molecule has 1 atom stereocenters. The average Bonchev–Trinajstić information content (AvgIpc) is 2.20. The molecule has 0 heterocycles. The van der Waals surface area contributed by atoms with Crippen LogP contribution in [0.25, 0.3) is 0 Å². The van der Waals surface area contributed by atoms with Gasteiger partial charge in [0.15, 0.2) is 11.5 Å². The Kier molecular flexibility index (Phi) is 3.73. The van der Waals surface area contributed by atoms with Gasteiger partial charge in [-0.1, -0.05) is 6.07 Å². The van der Waals surface area contributed by atoms with Crippen LogP contribution in [-0.4, -0.2) is 23.4 Å². The largest absolute Gasteiger partial charge is 0.504 e. The fourth-order valence-corrected chi connectivity index (χ4v) is 1.14. The molecule has 78 valence electrons. The predicted octanol–water partition coefficient (Wildman–Crippen LogP) is 0.783. The van der Waals surface area contributed by atoms with Gasteiger partial charge in [-0.3, -0.25) is 0 Å². The smallest absolute Gasteiger partial charge is 0.161 e. The van der Waals surface area contributed by atoms with E-state index >= 15 is 0 Å². The molecule has 0 aliphatic carbocycles. The van der Waals surface area contributed by atoms with Crippen molar-refractivity contribution in [1.29, 1.82) is 0 Å². The first kappa shape index (κ1) is 10.8. The molecule has 0 saturated carbocycles. The monoisotopic (exact) mass is 197 g/mol. The summed E-state index contributed by atoms with van der Waals surface area (Å²) >= 11 is 0. The Bertz CT molecular complexity index is 301. The third-order valence-electron chi connectivity index (χ3n) is 1.91. The highest BCUT2D eigenvalue weighted by molar-refractivity contribution is 5.42. The number of benzene rings is 1. The minimum Gasteiger partial charge on any atom is -0.504 e. The fraction of sp³-hybridized carbons (Fsp3) is 0.400. The Morgan fingerprint density at radius 3 is 2.79 bits per heavy atom. The van der Waals surface area contributed by atoms with Crippen molar-refractivity contribution >= 4 is 0 Å². The summed E-state index contributed by atoms with van der Waals surface area (Å²) in [6.07, 6.45) is 0. The van der Waals surface area contributed by atoms with Gasteiger partial charge >= 0.3 is 0 Å². The zero-order valence-corrected chi connectivity index (χ0v) is 8.10. The fourth-order valence-electron chi connectivity index (χ4n) is 1.14. The molecule has 0 unspecified atom stereocenters. The molecule has 0 amide bonds. The summed E-state index contributed by atoms with van der Waals surface area (Å²) in [5, 5.41) is 18.2. The summed E-state index contributed by atoms with van der Waals surface area (Å²) in [6.45, 7) is 2.18. The highest BCUT2D eigenvalue weighted by Gasteiger charge is 2.08. The number of rotatable bonds is 4. The summed E-state index contributed by atoms with van der Waals surface area (Å²) < 4.78 is 5.18. The van der Waals surface area contributed by atoms with E-state index in [-0.39, 0.29) is 12.4 Å². The molecular formula is C10H15NO3. The van der Waals surface area contributed by atoms with Gasteiger partial charge in [0.1, 0.15) is 0 Å². The van der Waals surface area contributed by atoms with Crippen molar-refractivity contribution in [3.63, 3.8) is 0 Å². The lowest BCUT2D eigenvalue weighted by Crippen LogP contribution is -2.14. The van der Waals surface area contributed by atoms with Gasteiger partial charge in [-0.25, -0.2) is 0 Å². The van der Waals surface area contributed by atoms with Crippen molar-refractivity contribution in [2.45, 2.75) is 13.0 Å². The molecule has 0 aliphatic rings. The third kappa shape index (κ3) is 2.37. The molecule has 1 aromatic rings. The Labute approximate surface area is 82.9 Å². The molecule has 1 rings (SSSR count). The van der Waals surface area contributed by atoms with Gasteiger partial charge in [0.05, 0.1) is 19.3 Å². The summed E-state index contributed by atoms with van der Waals surface area (Å²) in [4.78, 5) is 0. The highest BCUT2D eigenvalue weighted by atomic mass is 16.5. The topological polar surface area (TPSA) is 75.7 Å². The number of aliphatic hydroxyl groups excluding tert-OH is 1. The van der Waals surface area contributed by atoms with Crippen LogP contribution in [0.2, 0.25) is 0 Å². The van der Waals surface area contributed by atoms with E-state index < -0.39 is 6.04 Å². The van der Waals surface area contributed by atoms with Crippen LogP contribution in [0.4, 0.5) is 0 Å². The molecule has 4 N–H and O–H groups in total. The van der Waals surface area contributed by atoms with Crippen molar-refractivity contribution < 1.29 is 14.9 Å². The minimum absolute atomic E-state index is 0.0840. The number of aromatic hydroxyl groups is 1. The van der Waals surface area contributed by atoms with E-state index in [1.165, 1.54) is 6.07 Å². The average molecular weight is 197 g/mol. The normalized spacial score (nSPS) is 12.5. The summed E-state index contributed by atoms with van der Waals surface area (Å²) in [6, 6.07) is 4.38. The molecule has 0 aliphatic heterocycles. The van der Waals surface area contributed by atoms with Gasteiger partial charge in [-0.05, 0) is 24.6 Å². The van der Waals surface area contributed by atoms with Gasteiger partial charge in [0, 0.05) is 0 Å². The van der Waals surface area contributed by atoms with Crippen LogP contribution in [0, 0.1) is 0 Å². The van der Waals surface area contributed by atoms with Crippen molar-refractivity contribution in [2.24, 2.45) is 5.73 Å². The third-order valence-corrected chi connectivity index (χ3v) is 1.91. The molecule has 1 aromatic carbocycles. The number of hydrogen-bond donors (Lipinski definition) is 3. The number of phenolic OH excluding ortho intramolecular Hbond substituents is 1. The minimum atomic E-state index is -0.435. The Morgan fingerprint density at radius 2 is 2.21 bits per heavy atom. The number of aliphatic hydroxyl groups is 1. The lowest BCUT2D eigenvalue weighted by atomic mass is 10.1. The van der Waals surface area contributed by atoms with Gasteiger partial charge in [-0.2, -0.15) is 0 Å². The van der Waals surface area contributed by atoms with Crippen LogP contribution in [0.15, 0.2) is 18.2 Å². The highest BCUT2D eigenvalue weighted by Crippen LogP contribution is 2.28. The Morgan fingerprint density at radius 1 is 1.50 bits per heavy atom. The lowest BCUT2D eigenvalue weighted by Gasteiger charge is -2.11. The van der Waals surface area contributed by atoms with Gasteiger partial charge in [0.25, 0.3) is 0 Å². The number of hydrogen-bond acceptors (Lipinski definition) is 4. The maximum absolute atomic E-state index is 9.39. The van der Waals surface area contributed by atoms with Crippen molar-refractivity contribution in [3.8, 4) is 11.5 Å². The summed E-state index contributed by atoms with van der Waals surface area (Å²) in [5.74, 6) is 0.481. The van der Waals surface area contributed by atoms with Crippen molar-refractivity contribution in [3.05, 3.63) is 23.8 Å². The first-order valence-corrected chi connectivity index (χ1v) is 4.51.